The van der Waals surface area contributed by atoms with Gasteiger partial charge in [0, 0.05) is 36.3 Å². The topological polar surface area (TPSA) is 189 Å². The maximum Gasteiger partial charge on any atom is 0.308 e. The first kappa shape index (κ1) is 46.2. The number of carbonyl (C=O) groups is 2. The van der Waals surface area contributed by atoms with Gasteiger partial charge in [0.15, 0.2) is 12.1 Å². The largest absolute Gasteiger partial charge is 0.462 e. The lowest BCUT2D eigenvalue weighted by atomic mass is 9.79. The van der Waals surface area contributed by atoms with Gasteiger partial charge in [-0.05, 0) is 83.6 Å². The summed E-state index contributed by atoms with van der Waals surface area (Å²) >= 11 is 0. The Morgan fingerprint density at radius 1 is 1.00 bits per heavy atom. The van der Waals surface area contributed by atoms with Gasteiger partial charge >= 0.3 is 5.97 Å². The molecule has 1 aromatic heterocycles. The van der Waals surface area contributed by atoms with Crippen molar-refractivity contribution < 1.29 is 44.2 Å². The third kappa shape index (κ3) is 11.9. The number of nitrogens with zero attached hydrogens (tertiary/aromatic N) is 4. The van der Waals surface area contributed by atoms with Crippen LogP contribution >= 0.6 is 0 Å². The number of esters is 1. The first-order chi connectivity index (χ1) is 28.2. The van der Waals surface area contributed by atoms with Gasteiger partial charge in [0.05, 0.1) is 54.5 Å². The van der Waals surface area contributed by atoms with Crippen LogP contribution in [0.4, 0.5) is 0 Å². The first-order valence-corrected chi connectivity index (χ1v) is 21.0. The predicted molar refractivity (Wildman–Crippen MR) is 224 cm³/mol. The number of hydrogen-bond donors (Lipinski definition) is 5. The quantitative estimate of drug-likeness (QED) is 0.130. The number of hydrogen-bond acceptors (Lipinski definition) is 13. The van der Waals surface area contributed by atoms with Crippen LogP contribution < -0.4 is 5.32 Å². The minimum absolute atomic E-state index is 0.0876. The van der Waals surface area contributed by atoms with Gasteiger partial charge in [-0.2, -0.15) is 0 Å². The average Bonchev–Trinajstić information content (AvgIpc) is 3.68. The standard InChI is InChI=1S/C45H65N5O9/c1-8-39-32(19-21-51)22-27(2)16-17-37(52)28(3)23-33(18-20-46-25-34-26-50(48-47-34)36-15-11-13-31-12-9-10-14-35(31)36)44(29(4)38(53)24-40(54)58-39)59-45-43(56)41(49(6)7)42(55)30(5)57-45/h9-17,22,26,28-30,32-33,38-39,41-46,51,53,55-56H,8,18-21,23-25H2,1-7H3/b17-16+,27-22+/t28-,29+,30-,32+,33+,38-,39-,41?,42-,43?,44-,45+/m1/s1. The van der Waals surface area contributed by atoms with E-state index in [2.05, 4.69) is 33.8 Å². The molecule has 2 unspecified atom stereocenters. The molecule has 14 heteroatoms. The molecular weight excluding hydrogens is 755 g/mol. The van der Waals surface area contributed by atoms with Gasteiger partial charge in [-0.25, -0.2) is 4.68 Å². The van der Waals surface area contributed by atoms with Crippen LogP contribution in [0.2, 0.25) is 0 Å². The molecule has 2 aliphatic rings. The Hall–Kier alpha value is -3.86. The molecule has 0 saturated carbocycles. The van der Waals surface area contributed by atoms with Crippen molar-refractivity contribution in [2.24, 2.45) is 23.7 Å². The average molecular weight is 820 g/mol. The van der Waals surface area contributed by atoms with Crippen molar-refractivity contribution >= 4 is 22.5 Å². The summed E-state index contributed by atoms with van der Waals surface area (Å²) in [6, 6.07) is 13.4. The molecule has 0 amide bonds. The summed E-state index contributed by atoms with van der Waals surface area (Å²) in [6.45, 7) is 9.92. The number of aromatic nitrogens is 3. The molecule has 59 heavy (non-hydrogen) atoms. The van der Waals surface area contributed by atoms with Crippen molar-refractivity contribution in [1.82, 2.24) is 25.2 Å². The molecule has 2 aliphatic heterocycles. The molecule has 1 fully saturated rings. The molecule has 3 aromatic rings. The number of rotatable bonds is 12. The van der Waals surface area contributed by atoms with E-state index < -0.39 is 66.8 Å². The van der Waals surface area contributed by atoms with E-state index in [1.807, 2.05) is 57.3 Å². The highest BCUT2D eigenvalue weighted by molar-refractivity contribution is 5.92. The fourth-order valence-electron chi connectivity index (χ4n) is 8.51. The number of fused-ring (bicyclic) bond motifs is 1. The highest BCUT2D eigenvalue weighted by Crippen LogP contribution is 2.35. The molecule has 5 rings (SSSR count). The van der Waals surface area contributed by atoms with E-state index in [4.69, 9.17) is 14.2 Å². The highest BCUT2D eigenvalue weighted by atomic mass is 16.7. The normalized spacial score (nSPS) is 33.1. The van der Waals surface area contributed by atoms with Crippen molar-refractivity contribution in [3.05, 3.63) is 78.2 Å². The van der Waals surface area contributed by atoms with Gasteiger partial charge in [-0.15, -0.1) is 5.10 Å². The number of nitrogens with one attached hydrogen (secondary N) is 1. The number of allylic oxidation sites excluding steroid dienone is 3. The highest BCUT2D eigenvalue weighted by Gasteiger charge is 2.47. The van der Waals surface area contributed by atoms with E-state index in [-0.39, 0.29) is 30.6 Å². The van der Waals surface area contributed by atoms with Crippen LogP contribution in [0, 0.1) is 23.7 Å². The van der Waals surface area contributed by atoms with Gasteiger partial charge in [-0.1, -0.05) is 80.1 Å². The molecule has 0 spiro atoms. The lowest BCUT2D eigenvalue weighted by Gasteiger charge is -2.46. The number of aliphatic hydroxyl groups is 4. The molecule has 0 bridgehead atoms. The number of ketones is 1. The molecular formula is C45H65N5O9. The molecule has 3 heterocycles. The van der Waals surface area contributed by atoms with E-state index in [1.165, 1.54) is 0 Å². The van der Waals surface area contributed by atoms with Crippen LogP contribution in [0.3, 0.4) is 0 Å². The van der Waals surface area contributed by atoms with E-state index in [9.17, 15) is 30.0 Å². The Morgan fingerprint density at radius 2 is 1.75 bits per heavy atom. The maximum atomic E-state index is 13.7. The van der Waals surface area contributed by atoms with Crippen molar-refractivity contribution in [3.63, 3.8) is 0 Å². The second kappa shape index (κ2) is 21.6. The number of benzene rings is 2. The fraction of sp³-hybridized carbons (Fsp3) is 0.600. The van der Waals surface area contributed by atoms with E-state index in [0.717, 1.165) is 27.7 Å². The predicted octanol–water partition coefficient (Wildman–Crippen LogP) is 4.12. The molecule has 12 atom stereocenters. The smallest absolute Gasteiger partial charge is 0.308 e. The van der Waals surface area contributed by atoms with Crippen molar-refractivity contribution in [2.75, 3.05) is 27.2 Å². The van der Waals surface area contributed by atoms with Crippen molar-refractivity contribution in [3.8, 4) is 5.69 Å². The molecule has 0 radical (unpaired) electrons. The van der Waals surface area contributed by atoms with Crippen LogP contribution in [0.1, 0.15) is 72.4 Å². The monoisotopic (exact) mass is 819 g/mol. The SMILES string of the molecule is CC[C@H]1OC(=O)C[C@@H](O)[C@H](C)[C@@H](O[C@@H]2O[C@H](C)[C@@H](O)C(N(C)C)C2O)[C@@H](CCNCc2cn(-c3cccc4ccccc34)nn2)C[C@@H](C)C(=O)/C=C/C(C)=C/[C@@H]1CCO. The second-order valence-electron chi connectivity index (χ2n) is 16.7. The zero-order chi connectivity index (χ0) is 42.8. The van der Waals surface area contributed by atoms with E-state index in [1.54, 1.807) is 49.7 Å². The van der Waals surface area contributed by atoms with E-state index >= 15 is 0 Å². The second-order valence-corrected chi connectivity index (χ2v) is 16.7. The lowest BCUT2D eigenvalue weighted by Crippen LogP contribution is -2.63. The Kier molecular flexibility index (Phi) is 16.9. The first-order valence-electron chi connectivity index (χ1n) is 21.0. The fourth-order valence-corrected chi connectivity index (χ4v) is 8.51. The summed E-state index contributed by atoms with van der Waals surface area (Å²) in [5.74, 6) is -2.48. The van der Waals surface area contributed by atoms with Crippen LogP contribution in [-0.4, -0.2) is 128 Å². The minimum atomic E-state index is -1.25. The summed E-state index contributed by atoms with van der Waals surface area (Å²) in [7, 11) is 3.52. The molecule has 2 aromatic carbocycles. The molecule has 0 aliphatic carbocycles. The molecule has 1 saturated heterocycles. The van der Waals surface area contributed by atoms with Crippen LogP contribution in [0.15, 0.2) is 72.5 Å². The van der Waals surface area contributed by atoms with Crippen LogP contribution in [0.25, 0.3) is 16.5 Å². The lowest BCUT2D eigenvalue weighted by molar-refractivity contribution is -0.304. The molecule has 14 nitrogen and oxygen atoms in total. The Balaban J connectivity index is 1.43. The summed E-state index contributed by atoms with van der Waals surface area (Å²) in [5, 5.41) is 58.5. The van der Waals surface area contributed by atoms with Crippen molar-refractivity contribution in [2.45, 2.75) is 122 Å². The number of aliphatic hydroxyl groups excluding tert-OH is 4. The van der Waals surface area contributed by atoms with Crippen LogP contribution in [-0.2, 0) is 30.3 Å². The third-order valence-electron chi connectivity index (χ3n) is 12.0. The zero-order valence-corrected chi connectivity index (χ0v) is 35.6. The number of carbonyl (C=O) groups excluding carboxylic acids is 2. The maximum absolute atomic E-state index is 13.7. The third-order valence-corrected chi connectivity index (χ3v) is 12.0. The minimum Gasteiger partial charge on any atom is -0.462 e. The summed E-state index contributed by atoms with van der Waals surface area (Å²) in [5.41, 5.74) is 2.45. The Bertz CT molecular complexity index is 1880. The number of likely N-dealkylation sites (N-methyl/N-ethyl adjacent to an activating group) is 1. The van der Waals surface area contributed by atoms with Crippen molar-refractivity contribution in [1.29, 1.82) is 0 Å². The number of ether oxygens (including phenoxy) is 3. The van der Waals surface area contributed by atoms with Gasteiger partial charge in [0.25, 0.3) is 0 Å². The van der Waals surface area contributed by atoms with E-state index in [0.29, 0.717) is 38.8 Å². The summed E-state index contributed by atoms with van der Waals surface area (Å²) in [6.07, 6.45) is 1.83. The zero-order valence-electron chi connectivity index (χ0n) is 35.6. The van der Waals surface area contributed by atoms with Gasteiger partial charge < -0.3 is 44.9 Å². The Morgan fingerprint density at radius 3 is 2.47 bits per heavy atom. The van der Waals surface area contributed by atoms with Gasteiger partial charge in [-0.3, -0.25) is 9.59 Å². The molecule has 324 valence electrons. The summed E-state index contributed by atoms with van der Waals surface area (Å²) in [4.78, 5) is 28.9. The van der Waals surface area contributed by atoms with Gasteiger partial charge in [0.1, 0.15) is 12.2 Å². The van der Waals surface area contributed by atoms with Gasteiger partial charge in [0.2, 0.25) is 0 Å². The number of cyclic esters (lactones) is 1. The van der Waals surface area contributed by atoms with Crippen LogP contribution in [0.5, 0.6) is 0 Å². The Labute approximate surface area is 348 Å². The summed E-state index contributed by atoms with van der Waals surface area (Å²) < 4.78 is 20.5. The molecule has 5 N–H and O–H groups in total.